The zero-order valence-corrected chi connectivity index (χ0v) is 13.4. The Morgan fingerprint density at radius 3 is 2.78 bits per heavy atom. The predicted octanol–water partition coefficient (Wildman–Crippen LogP) is 1.49. The number of nitrogens with one attached hydrogen (secondary N) is 1. The molecule has 0 saturated heterocycles. The van der Waals surface area contributed by atoms with Crippen molar-refractivity contribution in [1.82, 2.24) is 4.72 Å². The number of hydrogen-bond acceptors (Lipinski definition) is 5. The molecule has 1 heterocycles. The Morgan fingerprint density at radius 1 is 1.61 bits per heavy atom. The van der Waals surface area contributed by atoms with E-state index >= 15 is 0 Å². The van der Waals surface area contributed by atoms with Crippen molar-refractivity contribution < 1.29 is 18.3 Å². The van der Waals surface area contributed by atoms with Gasteiger partial charge in [0.2, 0.25) is 10.0 Å². The first-order chi connectivity index (χ1) is 8.36. The number of aliphatic hydroxyl groups excluding tert-OH is 1. The zero-order valence-electron chi connectivity index (χ0n) is 10.1. The lowest BCUT2D eigenvalue weighted by atomic mass is 10.3. The van der Waals surface area contributed by atoms with Gasteiger partial charge in [0.05, 0.1) is 16.5 Å². The number of methoxy groups -OCH3 is 1. The van der Waals surface area contributed by atoms with Gasteiger partial charge in [0, 0.05) is 13.7 Å². The third kappa shape index (κ3) is 4.60. The maximum Gasteiger partial charge on any atom is 0.250 e. The van der Waals surface area contributed by atoms with Crippen molar-refractivity contribution in [3.8, 4) is 0 Å². The molecule has 1 aromatic heterocycles. The fraction of sp³-hybridized carbons (Fsp3) is 0.600. The van der Waals surface area contributed by atoms with Crippen LogP contribution in [0, 0.1) is 6.92 Å². The minimum atomic E-state index is -3.49. The SMILES string of the molecule is COCC(O)CCNS(=O)(=O)c1cc(C)c(Br)s1. The second kappa shape index (κ2) is 6.97. The highest BCUT2D eigenvalue weighted by Crippen LogP contribution is 2.30. The van der Waals surface area contributed by atoms with E-state index in [2.05, 4.69) is 20.7 Å². The highest BCUT2D eigenvalue weighted by molar-refractivity contribution is 9.11. The van der Waals surface area contributed by atoms with E-state index in [1.54, 1.807) is 6.07 Å². The minimum absolute atomic E-state index is 0.182. The third-order valence-corrected chi connectivity index (χ3v) is 6.30. The van der Waals surface area contributed by atoms with E-state index in [1.807, 2.05) is 6.92 Å². The number of sulfonamides is 1. The monoisotopic (exact) mass is 357 g/mol. The molecule has 0 fully saturated rings. The van der Waals surface area contributed by atoms with Crippen LogP contribution in [0.1, 0.15) is 12.0 Å². The molecule has 0 amide bonds. The Bertz CT molecular complexity index is 467. The number of aliphatic hydroxyl groups is 1. The summed E-state index contributed by atoms with van der Waals surface area (Å²) in [4.78, 5) is 0. The largest absolute Gasteiger partial charge is 0.391 e. The Labute approximate surface area is 119 Å². The zero-order chi connectivity index (χ0) is 13.8. The molecule has 0 aliphatic carbocycles. The summed E-state index contributed by atoms with van der Waals surface area (Å²) >= 11 is 4.46. The van der Waals surface area contributed by atoms with Gasteiger partial charge in [0.25, 0.3) is 0 Å². The van der Waals surface area contributed by atoms with Crippen molar-refractivity contribution in [3.63, 3.8) is 0 Å². The fourth-order valence-corrected chi connectivity index (χ4v) is 4.59. The third-order valence-electron chi connectivity index (χ3n) is 2.23. The van der Waals surface area contributed by atoms with E-state index in [-0.39, 0.29) is 17.4 Å². The molecule has 5 nitrogen and oxygen atoms in total. The van der Waals surface area contributed by atoms with E-state index in [9.17, 15) is 13.5 Å². The summed E-state index contributed by atoms with van der Waals surface area (Å²) < 4.78 is 32.1. The van der Waals surface area contributed by atoms with Crippen LogP contribution in [0.2, 0.25) is 0 Å². The molecule has 0 aliphatic rings. The van der Waals surface area contributed by atoms with Crippen molar-refractivity contribution in [2.45, 2.75) is 23.7 Å². The second-order valence-electron chi connectivity index (χ2n) is 3.82. The number of aryl methyl sites for hydroxylation is 1. The molecule has 2 N–H and O–H groups in total. The van der Waals surface area contributed by atoms with Gasteiger partial charge < -0.3 is 9.84 Å². The van der Waals surface area contributed by atoms with Gasteiger partial charge in [-0.25, -0.2) is 13.1 Å². The molecule has 0 saturated carbocycles. The van der Waals surface area contributed by atoms with Gasteiger partial charge in [-0.05, 0) is 40.9 Å². The molecule has 0 aromatic carbocycles. The number of hydrogen-bond donors (Lipinski definition) is 2. The summed E-state index contributed by atoms with van der Waals surface area (Å²) in [7, 11) is -2.00. The maximum atomic E-state index is 11.9. The fourth-order valence-electron chi connectivity index (χ4n) is 1.27. The van der Waals surface area contributed by atoms with Crippen LogP contribution in [0.4, 0.5) is 0 Å². The molecule has 0 bridgehead atoms. The molecule has 1 unspecified atom stereocenters. The van der Waals surface area contributed by atoms with Crippen LogP contribution in [0.5, 0.6) is 0 Å². The Balaban J connectivity index is 2.55. The predicted molar refractivity (Wildman–Crippen MR) is 74.4 cm³/mol. The molecular formula is C10H16BrNO4S2. The van der Waals surface area contributed by atoms with E-state index in [0.717, 1.165) is 9.35 Å². The molecule has 8 heteroatoms. The first kappa shape index (κ1) is 16.1. The highest BCUT2D eigenvalue weighted by Gasteiger charge is 2.18. The van der Waals surface area contributed by atoms with Crippen LogP contribution in [0.15, 0.2) is 14.1 Å². The topological polar surface area (TPSA) is 75.6 Å². The number of rotatable bonds is 7. The first-order valence-corrected chi connectivity index (χ1v) is 8.38. The number of ether oxygens (including phenoxy) is 1. The molecule has 1 aromatic rings. The van der Waals surface area contributed by atoms with Crippen LogP contribution in [-0.2, 0) is 14.8 Å². The van der Waals surface area contributed by atoms with Crippen molar-refractivity contribution in [1.29, 1.82) is 0 Å². The average Bonchev–Trinajstić information content (AvgIpc) is 2.60. The molecule has 104 valence electrons. The molecule has 0 radical (unpaired) electrons. The summed E-state index contributed by atoms with van der Waals surface area (Å²) in [6.07, 6.45) is -0.340. The summed E-state index contributed by atoms with van der Waals surface area (Å²) in [5.74, 6) is 0. The minimum Gasteiger partial charge on any atom is -0.391 e. The maximum absolute atomic E-state index is 11.9. The summed E-state index contributed by atoms with van der Waals surface area (Å²) in [5.41, 5.74) is 0.889. The standard InChI is InChI=1S/C10H16BrNO4S2/c1-7-5-9(17-10(7)11)18(14,15)12-4-3-8(13)6-16-2/h5,8,12-13H,3-4,6H2,1-2H3. The van der Waals surface area contributed by atoms with Gasteiger partial charge in [-0.15, -0.1) is 11.3 Å². The van der Waals surface area contributed by atoms with Crippen molar-refractivity contribution in [3.05, 3.63) is 15.4 Å². The molecule has 18 heavy (non-hydrogen) atoms. The van der Waals surface area contributed by atoms with Crippen molar-refractivity contribution in [2.75, 3.05) is 20.3 Å². The lowest BCUT2D eigenvalue weighted by Gasteiger charge is -2.09. The number of halogens is 1. The van der Waals surface area contributed by atoms with E-state index in [0.29, 0.717) is 6.42 Å². The van der Waals surface area contributed by atoms with Gasteiger partial charge in [-0.3, -0.25) is 0 Å². The van der Waals surface area contributed by atoms with Gasteiger partial charge in [0.1, 0.15) is 4.21 Å². The van der Waals surface area contributed by atoms with Gasteiger partial charge >= 0.3 is 0 Å². The Morgan fingerprint density at radius 2 is 2.28 bits per heavy atom. The normalized spacial score (nSPS) is 13.8. The van der Waals surface area contributed by atoms with Crippen molar-refractivity contribution in [2.24, 2.45) is 0 Å². The summed E-state index contributed by atoms with van der Waals surface area (Å²) in [5, 5.41) is 9.40. The van der Waals surface area contributed by atoms with Crippen LogP contribution in [-0.4, -0.2) is 39.9 Å². The van der Waals surface area contributed by atoms with Crippen LogP contribution in [0.3, 0.4) is 0 Å². The highest BCUT2D eigenvalue weighted by atomic mass is 79.9. The Kier molecular flexibility index (Phi) is 6.22. The molecule has 1 atom stereocenters. The van der Waals surface area contributed by atoms with Crippen LogP contribution >= 0.6 is 27.3 Å². The quantitative estimate of drug-likeness (QED) is 0.775. The lowest BCUT2D eigenvalue weighted by Crippen LogP contribution is -2.28. The molecule has 1 rings (SSSR count). The second-order valence-corrected chi connectivity index (χ2v) is 8.18. The first-order valence-electron chi connectivity index (χ1n) is 5.29. The van der Waals surface area contributed by atoms with Crippen LogP contribution in [0.25, 0.3) is 0 Å². The van der Waals surface area contributed by atoms with Crippen molar-refractivity contribution >= 4 is 37.3 Å². The van der Waals surface area contributed by atoms with Gasteiger partial charge in [0.15, 0.2) is 0 Å². The molecule has 0 aliphatic heterocycles. The molecular weight excluding hydrogens is 342 g/mol. The lowest BCUT2D eigenvalue weighted by molar-refractivity contribution is 0.0603. The average molecular weight is 358 g/mol. The van der Waals surface area contributed by atoms with E-state index in [4.69, 9.17) is 4.74 Å². The van der Waals surface area contributed by atoms with Gasteiger partial charge in [-0.1, -0.05) is 0 Å². The number of thiophene rings is 1. The summed E-state index contributed by atoms with van der Waals surface area (Å²) in [6.45, 7) is 2.22. The smallest absolute Gasteiger partial charge is 0.250 e. The molecule has 0 spiro atoms. The van der Waals surface area contributed by atoms with Crippen LogP contribution < -0.4 is 4.72 Å². The van der Waals surface area contributed by atoms with E-state index in [1.165, 1.54) is 18.4 Å². The Hall–Kier alpha value is 0.01000. The van der Waals surface area contributed by atoms with Gasteiger partial charge in [-0.2, -0.15) is 0 Å². The van der Waals surface area contributed by atoms with E-state index < -0.39 is 16.1 Å². The summed E-state index contributed by atoms with van der Waals surface area (Å²) in [6, 6.07) is 1.61.